The number of hydrogen-bond donors (Lipinski definition) is 2. The maximum atomic E-state index is 9.10. The summed E-state index contributed by atoms with van der Waals surface area (Å²) >= 11 is 3.31. The van der Waals surface area contributed by atoms with Gasteiger partial charge in [0.2, 0.25) is 0 Å². The van der Waals surface area contributed by atoms with Gasteiger partial charge in [-0.05, 0) is 33.3 Å². The van der Waals surface area contributed by atoms with Gasteiger partial charge in [-0.15, -0.1) is 0 Å². The summed E-state index contributed by atoms with van der Waals surface area (Å²) in [6.45, 7) is 6.31. The fourth-order valence-electron chi connectivity index (χ4n) is 0.823. The zero-order valence-corrected chi connectivity index (χ0v) is 13.0. The van der Waals surface area contributed by atoms with Gasteiger partial charge in [-0.1, -0.05) is 45.1 Å². The lowest BCUT2D eigenvalue weighted by Gasteiger charge is -2.31. The SMILES string of the molecule is CC(C)(O)C(C)(C)O.[B]c1cc([B])cc(CBr)c1. The monoisotopic (exact) mass is 308 g/mol. The third-order valence-electron chi connectivity index (χ3n) is 2.69. The summed E-state index contributed by atoms with van der Waals surface area (Å²) in [6, 6.07) is 5.53. The van der Waals surface area contributed by atoms with Crippen LogP contribution in [0.15, 0.2) is 18.2 Å². The molecule has 1 aromatic rings. The molecule has 0 aliphatic heterocycles. The van der Waals surface area contributed by atoms with Crippen LogP contribution in [-0.2, 0) is 5.33 Å². The van der Waals surface area contributed by atoms with Crippen LogP contribution >= 0.6 is 15.9 Å². The highest BCUT2D eigenvalue weighted by molar-refractivity contribution is 9.08. The first kappa shape index (κ1) is 17.7. The van der Waals surface area contributed by atoms with Crippen LogP contribution in [0.1, 0.15) is 33.3 Å². The molecule has 0 unspecified atom stereocenters. The van der Waals surface area contributed by atoms with Gasteiger partial charge >= 0.3 is 0 Å². The molecular formula is C13H19B2BrO2. The maximum absolute atomic E-state index is 9.10. The predicted molar refractivity (Wildman–Crippen MR) is 82.4 cm³/mol. The van der Waals surface area contributed by atoms with Gasteiger partial charge in [0.1, 0.15) is 15.7 Å². The Labute approximate surface area is 121 Å². The van der Waals surface area contributed by atoms with Crippen molar-refractivity contribution in [2.45, 2.75) is 44.2 Å². The van der Waals surface area contributed by atoms with Crippen LogP contribution in [0.4, 0.5) is 0 Å². The van der Waals surface area contributed by atoms with Crippen molar-refractivity contribution in [2.24, 2.45) is 0 Å². The molecule has 0 spiro atoms. The van der Waals surface area contributed by atoms with Gasteiger partial charge in [0, 0.05) is 5.33 Å². The molecule has 0 saturated carbocycles. The molecule has 0 atom stereocenters. The molecule has 0 aliphatic carbocycles. The Morgan fingerprint density at radius 2 is 1.28 bits per heavy atom. The quantitative estimate of drug-likeness (QED) is 0.624. The molecule has 0 fully saturated rings. The first-order valence-electron chi connectivity index (χ1n) is 5.63. The third kappa shape index (κ3) is 6.62. The molecule has 2 N–H and O–H groups in total. The van der Waals surface area contributed by atoms with Crippen LogP contribution in [0.5, 0.6) is 0 Å². The van der Waals surface area contributed by atoms with E-state index in [1.807, 2.05) is 12.1 Å². The average Bonchev–Trinajstić information content (AvgIpc) is 2.13. The van der Waals surface area contributed by atoms with Crippen LogP contribution in [0, 0.1) is 0 Å². The largest absolute Gasteiger partial charge is 0.387 e. The van der Waals surface area contributed by atoms with Gasteiger partial charge in [0.25, 0.3) is 0 Å². The minimum absolute atomic E-state index is 0.717. The number of alkyl halides is 1. The van der Waals surface area contributed by atoms with Gasteiger partial charge in [-0.3, -0.25) is 0 Å². The van der Waals surface area contributed by atoms with Gasteiger partial charge in [-0.25, -0.2) is 0 Å². The molecular weight excluding hydrogens is 290 g/mol. The van der Waals surface area contributed by atoms with Gasteiger partial charge in [0.05, 0.1) is 11.2 Å². The molecule has 4 radical (unpaired) electrons. The fourth-order valence-corrected chi connectivity index (χ4v) is 1.15. The zero-order valence-electron chi connectivity index (χ0n) is 11.4. The number of benzene rings is 1. The summed E-state index contributed by atoms with van der Waals surface area (Å²) in [5.74, 6) is 0. The minimum Gasteiger partial charge on any atom is -0.387 e. The van der Waals surface area contributed by atoms with Crippen molar-refractivity contribution in [1.82, 2.24) is 0 Å². The second kappa shape index (κ2) is 6.78. The highest BCUT2D eigenvalue weighted by Crippen LogP contribution is 2.19. The minimum atomic E-state index is -1.01. The van der Waals surface area contributed by atoms with E-state index in [-0.39, 0.29) is 0 Å². The van der Waals surface area contributed by atoms with Crippen molar-refractivity contribution in [3.63, 3.8) is 0 Å². The van der Waals surface area contributed by atoms with Crippen molar-refractivity contribution in [1.29, 1.82) is 0 Å². The van der Waals surface area contributed by atoms with Crippen LogP contribution < -0.4 is 10.9 Å². The molecule has 5 heteroatoms. The summed E-state index contributed by atoms with van der Waals surface area (Å²) in [6.07, 6.45) is 0. The smallest absolute Gasteiger partial charge is 0.113 e. The molecule has 1 aromatic carbocycles. The summed E-state index contributed by atoms with van der Waals surface area (Å²) in [7, 11) is 11.1. The second-order valence-electron chi connectivity index (χ2n) is 5.26. The lowest BCUT2D eigenvalue weighted by Crippen LogP contribution is -2.44. The third-order valence-corrected chi connectivity index (χ3v) is 3.34. The van der Waals surface area contributed by atoms with Crippen LogP contribution in [-0.4, -0.2) is 37.1 Å². The molecule has 0 aromatic heterocycles. The van der Waals surface area contributed by atoms with Gasteiger partial charge in [-0.2, -0.15) is 0 Å². The summed E-state index contributed by atoms with van der Waals surface area (Å²) in [5.41, 5.74) is 0.529. The standard InChI is InChI=1S/C7H5B2Br.C6H14O2/c8-6-1-5(4-10)2-7(9)3-6;1-5(2,7)6(3,4)8/h1-3H,4H2;7-8H,1-4H3. The van der Waals surface area contributed by atoms with E-state index in [9.17, 15) is 0 Å². The van der Waals surface area contributed by atoms with E-state index >= 15 is 0 Å². The highest BCUT2D eigenvalue weighted by atomic mass is 79.9. The van der Waals surface area contributed by atoms with E-state index in [2.05, 4.69) is 15.9 Å². The van der Waals surface area contributed by atoms with E-state index in [0.717, 1.165) is 21.8 Å². The Morgan fingerprint density at radius 3 is 1.50 bits per heavy atom. The molecule has 1 rings (SSSR count). The van der Waals surface area contributed by atoms with Crippen molar-refractivity contribution < 1.29 is 10.2 Å². The van der Waals surface area contributed by atoms with Gasteiger partial charge < -0.3 is 10.2 Å². The number of hydrogen-bond acceptors (Lipinski definition) is 2. The van der Waals surface area contributed by atoms with E-state index in [4.69, 9.17) is 25.9 Å². The van der Waals surface area contributed by atoms with Crippen LogP contribution in [0.25, 0.3) is 0 Å². The normalized spacial score (nSPS) is 11.7. The van der Waals surface area contributed by atoms with E-state index in [1.54, 1.807) is 33.8 Å². The Hall–Kier alpha value is -0.250. The molecule has 0 amide bonds. The first-order valence-corrected chi connectivity index (χ1v) is 6.75. The first-order chi connectivity index (χ1) is 7.97. The molecule has 18 heavy (non-hydrogen) atoms. The Kier molecular flexibility index (Phi) is 6.69. The summed E-state index contributed by atoms with van der Waals surface area (Å²) in [4.78, 5) is 0. The average molecular weight is 309 g/mol. The second-order valence-corrected chi connectivity index (χ2v) is 5.82. The van der Waals surface area contributed by atoms with Crippen molar-refractivity contribution in [3.05, 3.63) is 23.8 Å². The van der Waals surface area contributed by atoms with E-state index in [1.165, 1.54) is 0 Å². The van der Waals surface area contributed by atoms with Crippen LogP contribution in [0.2, 0.25) is 0 Å². The zero-order chi connectivity index (χ0) is 14.6. The highest BCUT2D eigenvalue weighted by Gasteiger charge is 2.31. The van der Waals surface area contributed by atoms with E-state index in [0.29, 0.717) is 0 Å². The Bertz CT molecular complexity index is 349. The van der Waals surface area contributed by atoms with Crippen molar-refractivity contribution >= 4 is 42.5 Å². The molecule has 0 bridgehead atoms. The number of aliphatic hydroxyl groups is 2. The molecule has 0 aliphatic rings. The number of halogens is 1. The number of rotatable bonds is 2. The van der Waals surface area contributed by atoms with Gasteiger partial charge in [0.15, 0.2) is 0 Å². The molecule has 0 heterocycles. The molecule has 2 nitrogen and oxygen atoms in total. The molecule has 96 valence electrons. The molecule has 0 saturated heterocycles. The fraction of sp³-hybridized carbons (Fsp3) is 0.538. The topological polar surface area (TPSA) is 40.5 Å². The summed E-state index contributed by atoms with van der Waals surface area (Å²) in [5, 5.41) is 19.0. The van der Waals surface area contributed by atoms with Crippen LogP contribution in [0.3, 0.4) is 0 Å². The van der Waals surface area contributed by atoms with E-state index < -0.39 is 11.2 Å². The maximum Gasteiger partial charge on any atom is 0.113 e. The van der Waals surface area contributed by atoms with Crippen molar-refractivity contribution in [2.75, 3.05) is 0 Å². The summed E-state index contributed by atoms with van der Waals surface area (Å²) < 4.78 is 0. The lowest BCUT2D eigenvalue weighted by molar-refractivity contribution is -0.107. The Balaban J connectivity index is 0.000000331. The Morgan fingerprint density at radius 1 is 0.944 bits per heavy atom. The lowest BCUT2D eigenvalue weighted by atomic mass is 9.86. The predicted octanol–water partition coefficient (Wildman–Crippen LogP) is 0.697. The van der Waals surface area contributed by atoms with Crippen molar-refractivity contribution in [3.8, 4) is 0 Å².